The molecule has 1 amide bonds. The fourth-order valence-electron chi connectivity index (χ4n) is 2.09. The van der Waals surface area contributed by atoms with Crippen LogP contribution in [0.4, 0.5) is 5.69 Å². The van der Waals surface area contributed by atoms with Crippen molar-refractivity contribution in [1.82, 2.24) is 5.32 Å². The Balaban J connectivity index is 2.05. The molecule has 1 fully saturated rings. The van der Waals surface area contributed by atoms with E-state index in [0.29, 0.717) is 36.2 Å². The van der Waals surface area contributed by atoms with Gasteiger partial charge in [-0.3, -0.25) is 4.79 Å². The largest absolute Gasteiger partial charge is 0.487 e. The van der Waals surface area contributed by atoms with Crippen molar-refractivity contribution in [2.75, 3.05) is 38.7 Å². The molecule has 1 heterocycles. The van der Waals surface area contributed by atoms with E-state index in [-0.39, 0.29) is 11.8 Å². The molecule has 0 saturated carbocycles. The molecule has 1 aliphatic rings. The van der Waals surface area contributed by atoms with Crippen LogP contribution in [0.2, 0.25) is 5.02 Å². The molecule has 1 aromatic carbocycles. The van der Waals surface area contributed by atoms with E-state index in [1.54, 1.807) is 25.3 Å². The van der Waals surface area contributed by atoms with Gasteiger partial charge < -0.3 is 20.1 Å². The summed E-state index contributed by atoms with van der Waals surface area (Å²) in [7, 11) is 1.60. The molecule has 6 heteroatoms. The van der Waals surface area contributed by atoms with Crippen LogP contribution in [0.5, 0.6) is 5.75 Å². The molecular weight excluding hydrogens is 280 g/mol. The minimum atomic E-state index is -0.00569. The third-order valence-corrected chi connectivity index (χ3v) is 3.49. The Labute approximate surface area is 123 Å². The molecule has 5 nitrogen and oxygen atoms in total. The highest BCUT2D eigenvalue weighted by Gasteiger charge is 2.23. The second kappa shape index (κ2) is 7.47. The number of halogens is 1. The van der Waals surface area contributed by atoms with Crippen molar-refractivity contribution < 1.29 is 14.3 Å². The molecule has 110 valence electrons. The van der Waals surface area contributed by atoms with Crippen LogP contribution in [0.15, 0.2) is 18.2 Å². The summed E-state index contributed by atoms with van der Waals surface area (Å²) in [5.74, 6) is 0.486. The second-order valence-corrected chi connectivity index (χ2v) is 5.04. The fraction of sp³-hybridized carbons (Fsp3) is 0.500. The number of rotatable bonds is 6. The van der Waals surface area contributed by atoms with E-state index < -0.39 is 0 Å². The number of hydrogen-bond acceptors (Lipinski definition) is 4. The average molecular weight is 299 g/mol. The molecule has 1 saturated heterocycles. The van der Waals surface area contributed by atoms with Crippen molar-refractivity contribution in [2.45, 2.75) is 6.42 Å². The van der Waals surface area contributed by atoms with Crippen molar-refractivity contribution in [3.63, 3.8) is 0 Å². The van der Waals surface area contributed by atoms with Crippen molar-refractivity contribution in [3.8, 4) is 5.75 Å². The number of carbonyl (C=O) groups excluding carboxylic acids is 1. The molecule has 0 spiro atoms. The van der Waals surface area contributed by atoms with Crippen LogP contribution in [0, 0.1) is 5.92 Å². The number of para-hydroxylation sites is 1. The molecule has 2 rings (SSSR count). The van der Waals surface area contributed by atoms with E-state index in [2.05, 4.69) is 10.6 Å². The minimum absolute atomic E-state index is 0.000747. The van der Waals surface area contributed by atoms with Crippen molar-refractivity contribution in [1.29, 1.82) is 0 Å². The van der Waals surface area contributed by atoms with Crippen LogP contribution in [0.3, 0.4) is 0 Å². The Kier molecular flexibility index (Phi) is 5.64. The summed E-state index contributed by atoms with van der Waals surface area (Å²) < 4.78 is 10.5. The molecule has 0 bridgehead atoms. The van der Waals surface area contributed by atoms with Gasteiger partial charge in [-0.2, -0.15) is 0 Å². The number of hydrogen-bond donors (Lipinski definition) is 2. The predicted molar refractivity (Wildman–Crippen MR) is 78.4 cm³/mol. The van der Waals surface area contributed by atoms with Crippen molar-refractivity contribution in [3.05, 3.63) is 23.2 Å². The zero-order valence-electron chi connectivity index (χ0n) is 11.4. The molecule has 1 atom stereocenters. The predicted octanol–water partition coefficient (Wildman–Crippen LogP) is 1.91. The number of benzene rings is 1. The summed E-state index contributed by atoms with van der Waals surface area (Å²) in [4.78, 5) is 12.1. The first-order valence-corrected chi connectivity index (χ1v) is 7.02. The van der Waals surface area contributed by atoms with Crippen LogP contribution in [0.25, 0.3) is 0 Å². The first-order chi connectivity index (χ1) is 9.72. The number of nitrogens with one attached hydrogen (secondary N) is 2. The van der Waals surface area contributed by atoms with E-state index in [1.807, 2.05) is 0 Å². The lowest BCUT2D eigenvalue weighted by Crippen LogP contribution is -2.25. The standard InChI is InChI=1S/C14H19ClN2O3/c1-19-7-8-20-13-11(15)3-2-4-12(13)17-14(18)10-5-6-16-9-10/h2-4,10,16H,5-9H2,1H3,(H,17,18). The minimum Gasteiger partial charge on any atom is -0.487 e. The van der Waals surface area contributed by atoms with Gasteiger partial charge in [-0.05, 0) is 25.1 Å². The topological polar surface area (TPSA) is 59.6 Å². The van der Waals surface area contributed by atoms with Gasteiger partial charge in [-0.25, -0.2) is 0 Å². The van der Waals surface area contributed by atoms with Crippen LogP contribution < -0.4 is 15.4 Å². The van der Waals surface area contributed by atoms with Crippen molar-refractivity contribution >= 4 is 23.2 Å². The average Bonchev–Trinajstić information content (AvgIpc) is 2.96. The van der Waals surface area contributed by atoms with Gasteiger partial charge in [-0.15, -0.1) is 0 Å². The van der Waals surface area contributed by atoms with Gasteiger partial charge in [0.15, 0.2) is 5.75 Å². The molecule has 0 aromatic heterocycles. The number of amides is 1. The SMILES string of the molecule is COCCOc1c(Cl)cccc1NC(=O)C1CCNC1. The summed E-state index contributed by atoms with van der Waals surface area (Å²) in [6, 6.07) is 5.30. The first-order valence-electron chi connectivity index (χ1n) is 6.64. The van der Waals surface area contributed by atoms with Gasteiger partial charge in [0.2, 0.25) is 5.91 Å². The Morgan fingerprint density at radius 1 is 1.50 bits per heavy atom. The number of anilines is 1. The molecule has 20 heavy (non-hydrogen) atoms. The quantitative estimate of drug-likeness (QED) is 0.788. The molecule has 1 unspecified atom stereocenters. The summed E-state index contributed by atoms with van der Waals surface area (Å²) in [5.41, 5.74) is 0.602. The molecule has 1 aromatic rings. The van der Waals surface area contributed by atoms with Crippen LogP contribution in [-0.4, -0.2) is 39.3 Å². The zero-order chi connectivity index (χ0) is 14.4. The van der Waals surface area contributed by atoms with Gasteiger partial charge in [0, 0.05) is 13.7 Å². The molecular formula is C14H19ClN2O3. The normalized spacial score (nSPS) is 18.0. The Bertz CT molecular complexity index is 462. The third-order valence-electron chi connectivity index (χ3n) is 3.19. The summed E-state index contributed by atoms with van der Waals surface area (Å²) in [6.07, 6.45) is 0.853. The van der Waals surface area contributed by atoms with Crippen molar-refractivity contribution in [2.24, 2.45) is 5.92 Å². The monoisotopic (exact) mass is 298 g/mol. The smallest absolute Gasteiger partial charge is 0.228 e. The maximum atomic E-state index is 12.1. The maximum Gasteiger partial charge on any atom is 0.228 e. The Hall–Kier alpha value is -1.30. The summed E-state index contributed by atoms with van der Waals surface area (Å²) >= 11 is 6.12. The van der Waals surface area contributed by atoms with Crippen LogP contribution in [0.1, 0.15) is 6.42 Å². The first kappa shape index (κ1) is 15.1. The fourth-order valence-corrected chi connectivity index (χ4v) is 2.32. The lowest BCUT2D eigenvalue weighted by Gasteiger charge is -2.15. The molecule has 2 N–H and O–H groups in total. The van der Waals surface area contributed by atoms with Gasteiger partial charge in [0.25, 0.3) is 0 Å². The highest BCUT2D eigenvalue weighted by Crippen LogP contribution is 2.33. The summed E-state index contributed by atoms with van der Waals surface area (Å²) in [5, 5.41) is 6.54. The van der Waals surface area contributed by atoms with Gasteiger partial charge in [0.05, 0.1) is 23.2 Å². The highest BCUT2D eigenvalue weighted by atomic mass is 35.5. The number of methoxy groups -OCH3 is 1. The number of carbonyl (C=O) groups is 1. The third kappa shape index (κ3) is 3.85. The lowest BCUT2D eigenvalue weighted by atomic mass is 10.1. The van der Waals surface area contributed by atoms with Gasteiger partial charge >= 0.3 is 0 Å². The van der Waals surface area contributed by atoms with Crippen LogP contribution >= 0.6 is 11.6 Å². The Morgan fingerprint density at radius 3 is 3.05 bits per heavy atom. The molecule has 0 aliphatic carbocycles. The Morgan fingerprint density at radius 2 is 2.35 bits per heavy atom. The van der Waals surface area contributed by atoms with Gasteiger partial charge in [-0.1, -0.05) is 17.7 Å². The summed E-state index contributed by atoms with van der Waals surface area (Å²) in [6.45, 7) is 2.44. The molecule has 0 radical (unpaired) electrons. The second-order valence-electron chi connectivity index (χ2n) is 4.64. The van der Waals surface area contributed by atoms with E-state index in [0.717, 1.165) is 13.0 Å². The van der Waals surface area contributed by atoms with Crippen LogP contribution in [-0.2, 0) is 9.53 Å². The van der Waals surface area contributed by atoms with E-state index in [1.165, 1.54) is 0 Å². The van der Waals surface area contributed by atoms with E-state index in [9.17, 15) is 4.79 Å². The lowest BCUT2D eigenvalue weighted by molar-refractivity contribution is -0.119. The van der Waals surface area contributed by atoms with Gasteiger partial charge in [0.1, 0.15) is 6.61 Å². The maximum absolute atomic E-state index is 12.1. The number of ether oxygens (including phenoxy) is 2. The molecule has 1 aliphatic heterocycles. The highest BCUT2D eigenvalue weighted by molar-refractivity contribution is 6.32. The van der Waals surface area contributed by atoms with E-state index in [4.69, 9.17) is 21.1 Å². The van der Waals surface area contributed by atoms with E-state index >= 15 is 0 Å². The zero-order valence-corrected chi connectivity index (χ0v) is 12.2.